The zero-order valence-electron chi connectivity index (χ0n) is 11.7. The van der Waals surface area contributed by atoms with Gasteiger partial charge in [0.25, 0.3) is 0 Å². The van der Waals surface area contributed by atoms with Gasteiger partial charge in [0.1, 0.15) is 11.9 Å². The highest BCUT2D eigenvalue weighted by Crippen LogP contribution is 2.25. The number of hydrogen-bond donors (Lipinski definition) is 1. The lowest BCUT2D eigenvalue weighted by molar-refractivity contribution is 0.509. The monoisotopic (exact) mass is 295 g/mol. The molecule has 2 aromatic heterocycles. The van der Waals surface area contributed by atoms with Gasteiger partial charge in [-0.25, -0.2) is 4.98 Å². The predicted molar refractivity (Wildman–Crippen MR) is 85.0 cm³/mol. The normalized spacial score (nSPS) is 14.5. The van der Waals surface area contributed by atoms with Gasteiger partial charge in [0, 0.05) is 36.1 Å². The van der Waals surface area contributed by atoms with E-state index >= 15 is 0 Å². The molecule has 2 atom stereocenters. The van der Waals surface area contributed by atoms with Crippen molar-refractivity contribution >= 4 is 23.1 Å². The molecule has 0 saturated heterocycles. The van der Waals surface area contributed by atoms with E-state index < -0.39 is 0 Å². The average molecular weight is 295 g/mol. The predicted octanol–water partition coefficient (Wildman–Crippen LogP) is 3.30. The molecule has 0 fully saturated rings. The minimum Gasteiger partial charge on any atom is -0.336 e. The number of aryl methyl sites for hydroxylation is 1. The summed E-state index contributed by atoms with van der Waals surface area (Å²) in [7, 11) is 2.05. The summed E-state index contributed by atoms with van der Waals surface area (Å²) in [6.45, 7) is 4.44. The molecule has 2 rings (SSSR count). The molecular formula is C14H21N3S2. The Labute approximate surface area is 123 Å². The molecule has 5 heteroatoms. The van der Waals surface area contributed by atoms with Gasteiger partial charge in [-0.15, -0.1) is 11.3 Å². The van der Waals surface area contributed by atoms with E-state index in [0.717, 1.165) is 17.3 Å². The average Bonchev–Trinajstić information content (AvgIpc) is 3.05. The minimum atomic E-state index is 0.187. The number of thiophene rings is 1. The van der Waals surface area contributed by atoms with Crippen LogP contribution in [-0.2, 0) is 7.05 Å². The number of nitrogens with one attached hydrogen (secondary N) is 1. The van der Waals surface area contributed by atoms with Crippen LogP contribution < -0.4 is 5.32 Å². The highest BCUT2D eigenvalue weighted by molar-refractivity contribution is 7.99. The van der Waals surface area contributed by atoms with Crippen LogP contribution in [0.4, 0.5) is 0 Å². The summed E-state index contributed by atoms with van der Waals surface area (Å²) >= 11 is 3.75. The van der Waals surface area contributed by atoms with Gasteiger partial charge < -0.3 is 4.57 Å². The number of aromatic nitrogens is 2. The first kappa shape index (κ1) is 14.6. The molecule has 104 valence electrons. The Morgan fingerprint density at radius 2 is 2.37 bits per heavy atom. The van der Waals surface area contributed by atoms with Crippen molar-refractivity contribution in [3.8, 4) is 0 Å². The van der Waals surface area contributed by atoms with Crippen molar-refractivity contribution in [1.29, 1.82) is 0 Å². The molecule has 0 aliphatic rings. The molecule has 0 saturated carbocycles. The van der Waals surface area contributed by atoms with E-state index in [1.54, 1.807) is 11.3 Å². The maximum Gasteiger partial charge on any atom is 0.131 e. The van der Waals surface area contributed by atoms with E-state index in [1.807, 2.05) is 24.2 Å². The van der Waals surface area contributed by atoms with Gasteiger partial charge in [-0.05, 0) is 24.1 Å². The Balaban J connectivity index is 2.14. The van der Waals surface area contributed by atoms with Crippen molar-refractivity contribution in [3.63, 3.8) is 0 Å². The Bertz CT molecular complexity index is 479. The summed E-state index contributed by atoms with van der Waals surface area (Å²) in [5.41, 5.74) is 0. The van der Waals surface area contributed by atoms with Crippen LogP contribution in [0.5, 0.6) is 0 Å². The molecule has 0 spiro atoms. The molecule has 0 aliphatic heterocycles. The van der Waals surface area contributed by atoms with Gasteiger partial charge in [0.05, 0.1) is 0 Å². The summed E-state index contributed by atoms with van der Waals surface area (Å²) < 4.78 is 2.09. The van der Waals surface area contributed by atoms with Gasteiger partial charge in [-0.3, -0.25) is 5.32 Å². The molecule has 19 heavy (non-hydrogen) atoms. The Kier molecular flexibility index (Phi) is 5.48. The van der Waals surface area contributed by atoms with E-state index in [4.69, 9.17) is 0 Å². The lowest BCUT2D eigenvalue weighted by atomic mass is 10.2. The zero-order chi connectivity index (χ0) is 13.7. The van der Waals surface area contributed by atoms with Gasteiger partial charge in [-0.2, -0.15) is 11.8 Å². The van der Waals surface area contributed by atoms with Crippen molar-refractivity contribution < 1.29 is 0 Å². The highest BCUT2D eigenvalue weighted by Gasteiger charge is 2.20. The first-order chi connectivity index (χ1) is 9.22. The van der Waals surface area contributed by atoms with Crippen LogP contribution in [0.1, 0.15) is 30.6 Å². The Morgan fingerprint density at radius 1 is 1.53 bits per heavy atom. The fourth-order valence-electron chi connectivity index (χ4n) is 2.02. The second-order valence-corrected chi connectivity index (χ2v) is 6.87. The number of rotatable bonds is 7. The lowest BCUT2D eigenvalue weighted by Gasteiger charge is -2.22. The van der Waals surface area contributed by atoms with E-state index in [-0.39, 0.29) is 6.04 Å². The van der Waals surface area contributed by atoms with Gasteiger partial charge >= 0.3 is 0 Å². The van der Waals surface area contributed by atoms with Crippen molar-refractivity contribution in [2.75, 3.05) is 11.5 Å². The molecule has 2 aromatic rings. The third-order valence-electron chi connectivity index (χ3n) is 2.97. The summed E-state index contributed by atoms with van der Waals surface area (Å²) in [4.78, 5) is 5.83. The molecule has 1 N–H and O–H groups in total. The molecule has 0 amide bonds. The molecule has 0 aromatic carbocycles. The molecular weight excluding hydrogens is 274 g/mol. The Morgan fingerprint density at radius 3 is 2.95 bits per heavy atom. The Hall–Kier alpha value is -0.780. The van der Waals surface area contributed by atoms with Crippen LogP contribution in [-0.4, -0.2) is 27.1 Å². The quantitative estimate of drug-likeness (QED) is 0.850. The van der Waals surface area contributed by atoms with Crippen molar-refractivity contribution in [2.45, 2.75) is 25.9 Å². The fraction of sp³-hybridized carbons (Fsp3) is 0.500. The van der Waals surface area contributed by atoms with Crippen molar-refractivity contribution in [1.82, 2.24) is 14.9 Å². The molecule has 0 bridgehead atoms. The summed E-state index contributed by atoms with van der Waals surface area (Å²) in [5.74, 6) is 3.37. The maximum atomic E-state index is 4.51. The minimum absolute atomic E-state index is 0.187. The number of hydrogen-bond acceptors (Lipinski definition) is 4. The van der Waals surface area contributed by atoms with Crippen LogP contribution in [0.3, 0.4) is 0 Å². The smallest absolute Gasteiger partial charge is 0.131 e. The van der Waals surface area contributed by atoms with Gasteiger partial charge in [0.15, 0.2) is 0 Å². The number of nitrogens with zero attached hydrogens (tertiary/aromatic N) is 2. The SMILES string of the molecule is CCSCC(C)NC(c1cccs1)c1nccn1C. The second kappa shape index (κ2) is 7.12. The molecule has 2 unspecified atom stereocenters. The third kappa shape index (κ3) is 3.84. The molecule has 0 radical (unpaired) electrons. The van der Waals surface area contributed by atoms with Crippen LogP contribution in [0.2, 0.25) is 0 Å². The van der Waals surface area contributed by atoms with Crippen LogP contribution in [0.15, 0.2) is 29.9 Å². The first-order valence-corrected chi connectivity index (χ1v) is 8.60. The van der Waals surface area contributed by atoms with Crippen LogP contribution in [0, 0.1) is 0 Å². The van der Waals surface area contributed by atoms with Gasteiger partial charge in [0.2, 0.25) is 0 Å². The van der Waals surface area contributed by atoms with E-state index in [2.05, 4.69) is 53.3 Å². The summed E-state index contributed by atoms with van der Waals surface area (Å²) in [6.07, 6.45) is 3.87. The molecule has 3 nitrogen and oxygen atoms in total. The zero-order valence-corrected chi connectivity index (χ0v) is 13.3. The van der Waals surface area contributed by atoms with Crippen molar-refractivity contribution in [2.24, 2.45) is 7.05 Å². The van der Waals surface area contributed by atoms with Crippen molar-refractivity contribution in [3.05, 3.63) is 40.6 Å². The van der Waals surface area contributed by atoms with Crippen LogP contribution >= 0.6 is 23.1 Å². The second-order valence-electron chi connectivity index (χ2n) is 4.57. The van der Waals surface area contributed by atoms with Gasteiger partial charge in [-0.1, -0.05) is 13.0 Å². The number of thioether (sulfide) groups is 1. The van der Waals surface area contributed by atoms with Crippen LogP contribution in [0.25, 0.3) is 0 Å². The van der Waals surface area contributed by atoms with E-state index in [1.165, 1.54) is 4.88 Å². The molecule has 2 heterocycles. The molecule has 0 aliphatic carbocycles. The largest absolute Gasteiger partial charge is 0.336 e. The lowest BCUT2D eigenvalue weighted by Crippen LogP contribution is -2.34. The standard InChI is InChI=1S/C14H21N3S2/c1-4-18-10-11(2)16-13(12-6-5-9-19-12)14-15-7-8-17(14)3/h5-9,11,13,16H,4,10H2,1-3H3. The van der Waals surface area contributed by atoms with E-state index in [9.17, 15) is 0 Å². The summed E-state index contributed by atoms with van der Waals surface area (Å²) in [5, 5.41) is 5.83. The third-order valence-corrected chi connectivity index (χ3v) is 5.05. The summed E-state index contributed by atoms with van der Waals surface area (Å²) in [6, 6.07) is 4.93. The van der Waals surface area contributed by atoms with E-state index in [0.29, 0.717) is 6.04 Å². The maximum absolute atomic E-state index is 4.51. The number of imidazole rings is 1. The highest BCUT2D eigenvalue weighted by atomic mass is 32.2. The first-order valence-electron chi connectivity index (χ1n) is 6.56. The topological polar surface area (TPSA) is 29.9 Å². The fourth-order valence-corrected chi connectivity index (χ4v) is 3.49.